The van der Waals surface area contributed by atoms with Crippen molar-refractivity contribution in [2.24, 2.45) is 0 Å². The van der Waals surface area contributed by atoms with Crippen molar-refractivity contribution >= 4 is 5.95 Å². The van der Waals surface area contributed by atoms with Crippen LogP contribution in [0.25, 0.3) is 0 Å². The fraction of sp³-hybridized carbons (Fsp3) is 0.308. The number of benzene rings is 1. The van der Waals surface area contributed by atoms with Crippen molar-refractivity contribution in [1.29, 1.82) is 0 Å². The molecule has 0 bridgehead atoms. The summed E-state index contributed by atoms with van der Waals surface area (Å²) in [7, 11) is 0. The molecule has 3 nitrogen and oxygen atoms in total. The third-order valence-electron chi connectivity index (χ3n) is 3.03. The van der Waals surface area contributed by atoms with E-state index in [1.54, 1.807) is 0 Å². The summed E-state index contributed by atoms with van der Waals surface area (Å²) >= 11 is 0. The van der Waals surface area contributed by atoms with Crippen LogP contribution >= 0.6 is 0 Å². The second-order valence-electron chi connectivity index (χ2n) is 4.18. The van der Waals surface area contributed by atoms with Gasteiger partial charge in [0.2, 0.25) is 5.95 Å². The first-order valence-corrected chi connectivity index (χ1v) is 5.73. The van der Waals surface area contributed by atoms with Gasteiger partial charge in [-0.3, -0.25) is 0 Å². The minimum Gasteiger partial charge on any atom is -0.342 e. The van der Waals surface area contributed by atoms with Gasteiger partial charge >= 0.3 is 0 Å². The Morgan fingerprint density at radius 2 is 1.94 bits per heavy atom. The molecule has 1 aromatic heterocycles. The molecule has 2 aromatic rings. The smallest absolute Gasteiger partial charge is 0.205 e. The van der Waals surface area contributed by atoms with E-state index in [4.69, 9.17) is 0 Å². The van der Waals surface area contributed by atoms with E-state index in [0.717, 1.165) is 25.6 Å². The molecular weight excluding hydrogens is 198 g/mol. The molecule has 1 aliphatic heterocycles. The maximum Gasteiger partial charge on any atom is 0.205 e. The van der Waals surface area contributed by atoms with Crippen molar-refractivity contribution in [3.63, 3.8) is 0 Å². The van der Waals surface area contributed by atoms with Crippen LogP contribution in [0.15, 0.2) is 42.7 Å². The zero-order valence-corrected chi connectivity index (χ0v) is 9.21. The maximum atomic E-state index is 4.42. The summed E-state index contributed by atoms with van der Waals surface area (Å²) in [6.45, 7) is 3.20. The molecule has 0 aliphatic carbocycles. The molecule has 3 rings (SSSR count). The van der Waals surface area contributed by atoms with E-state index in [1.165, 1.54) is 12.0 Å². The van der Waals surface area contributed by atoms with Gasteiger partial charge in [0, 0.05) is 25.5 Å². The Morgan fingerprint density at radius 1 is 1.12 bits per heavy atom. The fourth-order valence-electron chi connectivity index (χ4n) is 2.00. The number of nitrogens with zero attached hydrogens (tertiary/aromatic N) is 3. The van der Waals surface area contributed by atoms with Gasteiger partial charge in [-0.1, -0.05) is 30.3 Å². The van der Waals surface area contributed by atoms with Crippen LogP contribution in [-0.2, 0) is 6.54 Å². The predicted molar refractivity (Wildman–Crippen MR) is 64.6 cm³/mol. The van der Waals surface area contributed by atoms with Gasteiger partial charge in [0.1, 0.15) is 0 Å². The van der Waals surface area contributed by atoms with Gasteiger partial charge in [0.05, 0.1) is 6.54 Å². The van der Waals surface area contributed by atoms with E-state index >= 15 is 0 Å². The molecule has 1 fully saturated rings. The van der Waals surface area contributed by atoms with Crippen LogP contribution in [0.4, 0.5) is 5.95 Å². The summed E-state index contributed by atoms with van der Waals surface area (Å²) in [6, 6.07) is 10.5. The van der Waals surface area contributed by atoms with E-state index < -0.39 is 0 Å². The van der Waals surface area contributed by atoms with Gasteiger partial charge in [-0.25, -0.2) is 4.98 Å². The second kappa shape index (κ2) is 4.00. The first kappa shape index (κ1) is 9.46. The zero-order chi connectivity index (χ0) is 10.8. The number of hydrogen-bond acceptors (Lipinski definition) is 2. The molecule has 0 atom stereocenters. The lowest BCUT2D eigenvalue weighted by molar-refractivity contribution is 0.582. The monoisotopic (exact) mass is 213 g/mol. The van der Waals surface area contributed by atoms with Crippen molar-refractivity contribution in [3.05, 3.63) is 48.3 Å². The summed E-state index contributed by atoms with van der Waals surface area (Å²) in [4.78, 5) is 6.75. The first-order chi connectivity index (χ1) is 7.93. The van der Waals surface area contributed by atoms with Crippen LogP contribution in [0.1, 0.15) is 12.0 Å². The minimum atomic E-state index is 0.909. The quantitative estimate of drug-likeness (QED) is 0.779. The van der Waals surface area contributed by atoms with Crippen molar-refractivity contribution in [1.82, 2.24) is 9.55 Å². The lowest BCUT2D eigenvalue weighted by Crippen LogP contribution is -2.39. The Hall–Kier alpha value is -1.77. The maximum absolute atomic E-state index is 4.42. The van der Waals surface area contributed by atoms with Gasteiger partial charge in [-0.05, 0) is 12.0 Å². The average molecular weight is 213 g/mol. The van der Waals surface area contributed by atoms with Crippen LogP contribution in [0.3, 0.4) is 0 Å². The summed E-state index contributed by atoms with van der Waals surface area (Å²) in [5.41, 5.74) is 1.32. The molecule has 1 aromatic carbocycles. The van der Waals surface area contributed by atoms with E-state index in [2.05, 4.69) is 44.9 Å². The zero-order valence-electron chi connectivity index (χ0n) is 9.21. The molecule has 16 heavy (non-hydrogen) atoms. The van der Waals surface area contributed by atoms with E-state index in [1.807, 2.05) is 12.3 Å². The Balaban J connectivity index is 1.82. The highest BCUT2D eigenvalue weighted by atomic mass is 15.3. The molecular formula is C13H15N3. The predicted octanol–water partition coefficient (Wildman–Crippen LogP) is 2.14. The van der Waals surface area contributed by atoms with Crippen LogP contribution in [0, 0.1) is 0 Å². The molecule has 0 amide bonds. The number of hydrogen-bond donors (Lipinski definition) is 0. The average Bonchev–Trinajstić information content (AvgIpc) is 2.66. The summed E-state index contributed by atoms with van der Waals surface area (Å²) < 4.78 is 2.22. The topological polar surface area (TPSA) is 21.1 Å². The largest absolute Gasteiger partial charge is 0.342 e. The first-order valence-electron chi connectivity index (χ1n) is 5.73. The van der Waals surface area contributed by atoms with E-state index in [0.29, 0.717) is 0 Å². The van der Waals surface area contributed by atoms with Crippen molar-refractivity contribution in [2.45, 2.75) is 13.0 Å². The molecule has 0 unspecified atom stereocenters. The molecule has 0 saturated carbocycles. The Kier molecular flexibility index (Phi) is 2.37. The Labute approximate surface area is 95.3 Å². The molecule has 0 spiro atoms. The number of imidazole rings is 1. The second-order valence-corrected chi connectivity index (χ2v) is 4.18. The lowest BCUT2D eigenvalue weighted by atomic mass is 10.2. The lowest BCUT2D eigenvalue weighted by Gasteiger charge is -2.32. The van der Waals surface area contributed by atoms with Crippen molar-refractivity contribution in [2.75, 3.05) is 18.0 Å². The summed E-state index contributed by atoms with van der Waals surface area (Å²) in [6.07, 6.45) is 5.23. The summed E-state index contributed by atoms with van der Waals surface area (Å²) in [5.74, 6) is 1.11. The third kappa shape index (κ3) is 1.69. The van der Waals surface area contributed by atoms with Gasteiger partial charge in [-0.2, -0.15) is 0 Å². The minimum absolute atomic E-state index is 0.909. The van der Waals surface area contributed by atoms with Gasteiger partial charge in [0.25, 0.3) is 0 Å². The molecule has 82 valence electrons. The highest BCUT2D eigenvalue weighted by Gasteiger charge is 2.18. The van der Waals surface area contributed by atoms with Crippen molar-refractivity contribution < 1.29 is 0 Å². The van der Waals surface area contributed by atoms with Gasteiger partial charge in [0.15, 0.2) is 0 Å². The molecule has 3 heteroatoms. The highest BCUT2D eigenvalue weighted by molar-refractivity contribution is 5.35. The molecule has 0 N–H and O–H groups in total. The van der Waals surface area contributed by atoms with Crippen LogP contribution in [-0.4, -0.2) is 22.6 Å². The van der Waals surface area contributed by atoms with E-state index in [-0.39, 0.29) is 0 Å². The van der Waals surface area contributed by atoms with Crippen LogP contribution in [0.5, 0.6) is 0 Å². The highest BCUT2D eigenvalue weighted by Crippen LogP contribution is 2.19. The molecule has 0 radical (unpaired) electrons. The number of anilines is 1. The van der Waals surface area contributed by atoms with Gasteiger partial charge < -0.3 is 9.47 Å². The van der Waals surface area contributed by atoms with Crippen LogP contribution in [0.2, 0.25) is 0 Å². The van der Waals surface area contributed by atoms with Gasteiger partial charge in [-0.15, -0.1) is 0 Å². The normalized spacial score (nSPS) is 14.9. The Bertz CT molecular complexity index is 457. The Morgan fingerprint density at radius 3 is 2.62 bits per heavy atom. The number of rotatable bonds is 3. The third-order valence-corrected chi connectivity index (χ3v) is 3.03. The summed E-state index contributed by atoms with van der Waals surface area (Å²) in [5, 5.41) is 0. The van der Waals surface area contributed by atoms with Crippen molar-refractivity contribution in [3.8, 4) is 0 Å². The molecule has 1 saturated heterocycles. The van der Waals surface area contributed by atoms with E-state index in [9.17, 15) is 0 Å². The van der Waals surface area contributed by atoms with Crippen LogP contribution < -0.4 is 4.90 Å². The molecule has 1 aliphatic rings. The SMILES string of the molecule is c1ccc(Cn2ccnc2N2CCC2)cc1. The molecule has 2 heterocycles. The standard InChI is InChI=1S/C13H15N3/c1-2-5-12(6-3-1)11-16-10-7-14-13(16)15-8-4-9-15/h1-3,5-7,10H,4,8-9,11H2. The number of aromatic nitrogens is 2. The fourth-order valence-corrected chi connectivity index (χ4v) is 2.00.